The molecule has 0 unspecified atom stereocenters. The lowest BCUT2D eigenvalue weighted by Gasteiger charge is -2.03. The Morgan fingerprint density at radius 1 is 0.806 bits per heavy atom. The smallest absolute Gasteiger partial charge is 0.142 e. The Labute approximate surface area is 183 Å². The van der Waals surface area contributed by atoms with Gasteiger partial charge in [0.15, 0.2) is 0 Å². The van der Waals surface area contributed by atoms with Gasteiger partial charge in [0.2, 0.25) is 0 Å². The highest BCUT2D eigenvalue weighted by atomic mass is 19.1. The predicted molar refractivity (Wildman–Crippen MR) is 121 cm³/mol. The van der Waals surface area contributed by atoms with Crippen molar-refractivity contribution in [1.29, 1.82) is 0 Å². The van der Waals surface area contributed by atoms with Crippen molar-refractivity contribution in [2.24, 2.45) is 0 Å². The SMILES string of the molecule is CCCCc1cc(F)c(C#Cc2ccc(C#Cc3ccc(OC)cc3)c(C)c2)c(F)c1. The highest BCUT2D eigenvalue weighted by Crippen LogP contribution is 2.17. The van der Waals surface area contributed by atoms with Crippen LogP contribution in [0.15, 0.2) is 54.6 Å². The highest BCUT2D eigenvalue weighted by Gasteiger charge is 2.09. The van der Waals surface area contributed by atoms with Crippen LogP contribution in [0, 0.1) is 42.2 Å². The fourth-order valence-electron chi connectivity index (χ4n) is 3.10. The Morgan fingerprint density at radius 2 is 1.45 bits per heavy atom. The predicted octanol–water partition coefficient (Wildman–Crippen LogP) is 6.42. The fourth-order valence-corrected chi connectivity index (χ4v) is 3.10. The zero-order chi connectivity index (χ0) is 22.2. The standard InChI is InChI=1S/C28H24F2O/c1-4-5-6-23-18-27(29)26(28(30)19-23)16-11-22-8-13-24(20(2)17-22)12-7-21-9-14-25(31-3)15-10-21/h8-10,13-15,17-19H,4-6H2,1-3H3. The van der Waals surface area contributed by atoms with Crippen molar-refractivity contribution >= 4 is 0 Å². The molecule has 3 aromatic rings. The van der Waals surface area contributed by atoms with E-state index in [1.807, 2.05) is 56.3 Å². The first-order chi connectivity index (χ1) is 15.0. The molecule has 0 bridgehead atoms. The van der Waals surface area contributed by atoms with E-state index in [9.17, 15) is 8.78 Å². The molecule has 0 aliphatic rings. The summed E-state index contributed by atoms with van der Waals surface area (Å²) >= 11 is 0. The molecule has 0 saturated heterocycles. The molecular weight excluding hydrogens is 390 g/mol. The molecule has 0 amide bonds. The van der Waals surface area contributed by atoms with Crippen LogP contribution in [0.3, 0.4) is 0 Å². The second kappa shape index (κ2) is 10.5. The molecule has 0 atom stereocenters. The van der Waals surface area contributed by atoms with Crippen LogP contribution in [0.5, 0.6) is 5.75 Å². The zero-order valence-electron chi connectivity index (χ0n) is 18.0. The molecule has 3 aromatic carbocycles. The molecule has 0 aliphatic carbocycles. The van der Waals surface area contributed by atoms with Crippen LogP contribution in [0.2, 0.25) is 0 Å². The number of unbranched alkanes of at least 4 members (excludes halogenated alkanes) is 1. The summed E-state index contributed by atoms with van der Waals surface area (Å²) < 4.78 is 33.8. The maximum absolute atomic E-state index is 14.3. The number of aryl methyl sites for hydroxylation is 2. The van der Waals surface area contributed by atoms with Gasteiger partial charge < -0.3 is 4.74 Å². The molecule has 3 rings (SSSR count). The van der Waals surface area contributed by atoms with Crippen molar-refractivity contribution in [2.45, 2.75) is 33.1 Å². The highest BCUT2D eigenvalue weighted by molar-refractivity contribution is 5.52. The molecule has 0 fully saturated rings. The molecule has 0 aromatic heterocycles. The van der Waals surface area contributed by atoms with E-state index in [1.165, 1.54) is 12.1 Å². The van der Waals surface area contributed by atoms with Gasteiger partial charge in [0, 0.05) is 16.7 Å². The van der Waals surface area contributed by atoms with E-state index in [-0.39, 0.29) is 5.56 Å². The molecular formula is C28H24F2O. The largest absolute Gasteiger partial charge is 0.497 e. The summed E-state index contributed by atoms with van der Waals surface area (Å²) in [4.78, 5) is 0. The maximum atomic E-state index is 14.3. The van der Waals surface area contributed by atoms with Crippen molar-refractivity contribution in [3.05, 3.63) is 99.6 Å². The van der Waals surface area contributed by atoms with Gasteiger partial charge in [0.25, 0.3) is 0 Å². The third-order valence-corrected chi connectivity index (χ3v) is 4.91. The van der Waals surface area contributed by atoms with Crippen molar-refractivity contribution in [2.75, 3.05) is 7.11 Å². The maximum Gasteiger partial charge on any atom is 0.142 e. The molecule has 31 heavy (non-hydrogen) atoms. The van der Waals surface area contributed by atoms with Gasteiger partial charge >= 0.3 is 0 Å². The van der Waals surface area contributed by atoms with Crippen LogP contribution in [0.1, 0.15) is 53.1 Å². The summed E-state index contributed by atoms with van der Waals surface area (Å²) in [7, 11) is 1.62. The molecule has 156 valence electrons. The van der Waals surface area contributed by atoms with Crippen LogP contribution in [-0.4, -0.2) is 7.11 Å². The molecule has 3 heteroatoms. The van der Waals surface area contributed by atoms with E-state index in [2.05, 4.69) is 23.7 Å². The van der Waals surface area contributed by atoms with Crippen LogP contribution in [0.4, 0.5) is 8.78 Å². The summed E-state index contributed by atoms with van der Waals surface area (Å²) in [6.45, 7) is 3.98. The van der Waals surface area contributed by atoms with Crippen molar-refractivity contribution in [1.82, 2.24) is 0 Å². The number of hydrogen-bond donors (Lipinski definition) is 0. The third kappa shape index (κ3) is 5.97. The van der Waals surface area contributed by atoms with E-state index >= 15 is 0 Å². The quantitative estimate of drug-likeness (QED) is 0.448. The van der Waals surface area contributed by atoms with Crippen LogP contribution >= 0.6 is 0 Å². The summed E-state index contributed by atoms with van der Waals surface area (Å²) in [5, 5.41) is 0. The first-order valence-electron chi connectivity index (χ1n) is 10.3. The van der Waals surface area contributed by atoms with E-state index in [1.54, 1.807) is 7.11 Å². The Morgan fingerprint density at radius 3 is 2.06 bits per heavy atom. The van der Waals surface area contributed by atoms with Crippen molar-refractivity contribution in [3.8, 4) is 29.4 Å². The third-order valence-electron chi connectivity index (χ3n) is 4.91. The van der Waals surface area contributed by atoms with E-state index in [4.69, 9.17) is 4.74 Å². The first kappa shape index (κ1) is 22.1. The number of rotatable bonds is 4. The zero-order valence-corrected chi connectivity index (χ0v) is 18.0. The van der Waals surface area contributed by atoms with Gasteiger partial charge in [-0.1, -0.05) is 37.0 Å². The van der Waals surface area contributed by atoms with E-state index in [0.29, 0.717) is 17.5 Å². The lowest BCUT2D eigenvalue weighted by Crippen LogP contribution is -1.95. The van der Waals surface area contributed by atoms with Gasteiger partial charge in [0.05, 0.1) is 12.7 Å². The molecule has 0 N–H and O–H groups in total. The number of methoxy groups -OCH3 is 1. The second-order valence-electron chi connectivity index (χ2n) is 7.30. The molecule has 0 saturated carbocycles. The van der Waals surface area contributed by atoms with Crippen LogP contribution in [-0.2, 0) is 6.42 Å². The molecule has 1 nitrogen and oxygen atoms in total. The monoisotopic (exact) mass is 414 g/mol. The average Bonchev–Trinajstić information content (AvgIpc) is 2.77. The number of halogens is 2. The summed E-state index contributed by atoms with van der Waals surface area (Å²) in [5.74, 6) is 11.3. The van der Waals surface area contributed by atoms with Crippen molar-refractivity contribution < 1.29 is 13.5 Å². The molecule has 0 heterocycles. The first-order valence-corrected chi connectivity index (χ1v) is 10.3. The molecule has 0 spiro atoms. The Kier molecular flexibility index (Phi) is 7.47. The summed E-state index contributed by atoms with van der Waals surface area (Å²) in [5.41, 5.74) is 3.86. The van der Waals surface area contributed by atoms with Crippen LogP contribution in [0.25, 0.3) is 0 Å². The van der Waals surface area contributed by atoms with Crippen LogP contribution < -0.4 is 4.74 Å². The lowest BCUT2D eigenvalue weighted by molar-refractivity contribution is 0.415. The Bertz CT molecular complexity index is 1160. The van der Waals surface area contributed by atoms with Gasteiger partial charge in [-0.25, -0.2) is 8.78 Å². The Hall–Kier alpha value is -3.56. The van der Waals surface area contributed by atoms with E-state index in [0.717, 1.165) is 35.3 Å². The van der Waals surface area contributed by atoms with Gasteiger partial charge in [0.1, 0.15) is 17.4 Å². The lowest BCUT2D eigenvalue weighted by atomic mass is 10.0. The molecule has 0 radical (unpaired) electrons. The topological polar surface area (TPSA) is 9.23 Å². The normalized spacial score (nSPS) is 9.97. The van der Waals surface area contributed by atoms with Gasteiger partial charge in [-0.2, -0.15) is 0 Å². The van der Waals surface area contributed by atoms with Gasteiger partial charge in [-0.3, -0.25) is 0 Å². The number of hydrogen-bond acceptors (Lipinski definition) is 1. The van der Waals surface area contributed by atoms with Crippen molar-refractivity contribution in [3.63, 3.8) is 0 Å². The molecule has 0 aliphatic heterocycles. The number of ether oxygens (including phenoxy) is 1. The Balaban J connectivity index is 1.79. The minimum atomic E-state index is -0.614. The summed E-state index contributed by atoms with van der Waals surface area (Å²) in [6.07, 6.45) is 2.54. The minimum Gasteiger partial charge on any atom is -0.497 e. The minimum absolute atomic E-state index is 0.193. The number of benzene rings is 3. The average molecular weight is 414 g/mol. The van der Waals surface area contributed by atoms with Gasteiger partial charge in [-0.15, -0.1) is 0 Å². The van der Waals surface area contributed by atoms with Gasteiger partial charge in [-0.05, 0) is 85.5 Å². The summed E-state index contributed by atoms with van der Waals surface area (Å²) in [6, 6.07) is 15.8. The fraction of sp³-hybridized carbons (Fsp3) is 0.214. The van der Waals surface area contributed by atoms with E-state index < -0.39 is 11.6 Å². The second-order valence-corrected chi connectivity index (χ2v) is 7.30.